The van der Waals surface area contributed by atoms with E-state index in [1.807, 2.05) is 0 Å². The minimum absolute atomic E-state index is 0.0325. The average Bonchev–Trinajstić information content (AvgIpc) is 2.47. The SMILES string of the molecule is O=C1CC2(CCCCC2)Nc2cc(Br)c(F)cc2N1. The Morgan fingerprint density at radius 1 is 1.16 bits per heavy atom. The molecule has 0 radical (unpaired) electrons. The number of rotatable bonds is 0. The normalized spacial score (nSPS) is 21.3. The Morgan fingerprint density at radius 3 is 2.63 bits per heavy atom. The number of halogens is 2. The van der Waals surface area contributed by atoms with Crippen LogP contribution in [0.2, 0.25) is 0 Å². The number of anilines is 2. The molecule has 2 N–H and O–H groups in total. The summed E-state index contributed by atoms with van der Waals surface area (Å²) in [5.41, 5.74) is 1.18. The Kier molecular flexibility index (Phi) is 3.25. The molecule has 102 valence electrons. The molecule has 0 unspecified atom stereocenters. The summed E-state index contributed by atoms with van der Waals surface area (Å²) in [5, 5.41) is 6.29. The molecule has 2 aliphatic rings. The first-order valence-corrected chi connectivity index (χ1v) is 7.44. The summed E-state index contributed by atoms with van der Waals surface area (Å²) in [4.78, 5) is 12.0. The van der Waals surface area contributed by atoms with Crippen molar-refractivity contribution >= 4 is 33.2 Å². The molecule has 1 aromatic carbocycles. The van der Waals surface area contributed by atoms with Gasteiger partial charge in [-0.25, -0.2) is 4.39 Å². The molecule has 0 aromatic heterocycles. The van der Waals surface area contributed by atoms with E-state index >= 15 is 0 Å². The van der Waals surface area contributed by atoms with E-state index in [2.05, 4.69) is 26.6 Å². The van der Waals surface area contributed by atoms with Gasteiger partial charge < -0.3 is 10.6 Å². The molecule has 5 heteroatoms. The molecule has 1 aliphatic carbocycles. The summed E-state index contributed by atoms with van der Waals surface area (Å²) in [5.74, 6) is -0.393. The van der Waals surface area contributed by atoms with Gasteiger partial charge >= 0.3 is 0 Å². The first-order chi connectivity index (χ1) is 9.08. The number of carbonyl (C=O) groups is 1. The minimum atomic E-state index is -0.361. The molecule has 1 fully saturated rings. The van der Waals surface area contributed by atoms with Crippen LogP contribution in [0.3, 0.4) is 0 Å². The maximum absolute atomic E-state index is 13.6. The number of hydrogen-bond donors (Lipinski definition) is 2. The van der Waals surface area contributed by atoms with Gasteiger partial charge in [0.1, 0.15) is 5.82 Å². The lowest BCUT2D eigenvalue weighted by molar-refractivity contribution is -0.117. The molecule has 0 bridgehead atoms. The van der Waals surface area contributed by atoms with E-state index in [0.29, 0.717) is 16.6 Å². The molecule has 3 nitrogen and oxygen atoms in total. The number of amides is 1. The van der Waals surface area contributed by atoms with Crippen LogP contribution in [-0.4, -0.2) is 11.4 Å². The summed E-state index contributed by atoms with van der Waals surface area (Å²) >= 11 is 3.20. The second-order valence-corrected chi connectivity index (χ2v) is 6.36. The number of fused-ring (bicyclic) bond motifs is 1. The van der Waals surface area contributed by atoms with E-state index < -0.39 is 0 Å². The highest BCUT2D eigenvalue weighted by molar-refractivity contribution is 9.10. The Labute approximate surface area is 120 Å². The van der Waals surface area contributed by atoms with Crippen LogP contribution in [0, 0.1) is 5.82 Å². The summed E-state index contributed by atoms with van der Waals surface area (Å²) in [7, 11) is 0. The first-order valence-electron chi connectivity index (χ1n) is 6.65. The largest absolute Gasteiger partial charge is 0.377 e. The third-order valence-electron chi connectivity index (χ3n) is 4.04. The number of benzene rings is 1. The quantitative estimate of drug-likeness (QED) is 0.755. The lowest BCUT2D eigenvalue weighted by atomic mass is 9.79. The zero-order chi connectivity index (χ0) is 13.5. The molecule has 0 atom stereocenters. The molecule has 0 saturated heterocycles. The van der Waals surface area contributed by atoms with Gasteiger partial charge in [-0.3, -0.25) is 4.79 Å². The Hall–Kier alpha value is -1.10. The molecular weight excluding hydrogens is 311 g/mol. The summed E-state index contributed by atoms with van der Waals surface area (Å²) in [6, 6.07) is 3.08. The van der Waals surface area contributed by atoms with E-state index in [9.17, 15) is 9.18 Å². The molecule has 1 aromatic rings. The van der Waals surface area contributed by atoms with E-state index in [-0.39, 0.29) is 17.3 Å². The molecule has 1 amide bonds. The third-order valence-corrected chi connectivity index (χ3v) is 4.65. The number of carbonyl (C=O) groups excluding carboxylic acids is 1. The fourth-order valence-electron chi connectivity index (χ4n) is 3.12. The lowest BCUT2D eigenvalue weighted by Crippen LogP contribution is -2.41. The Bertz CT molecular complexity index is 526. The highest BCUT2D eigenvalue weighted by atomic mass is 79.9. The maximum Gasteiger partial charge on any atom is 0.226 e. The molecule has 1 spiro atoms. The second-order valence-electron chi connectivity index (χ2n) is 5.50. The average molecular weight is 327 g/mol. The Balaban J connectivity index is 2.01. The van der Waals surface area contributed by atoms with E-state index in [1.165, 1.54) is 12.5 Å². The fourth-order valence-corrected chi connectivity index (χ4v) is 3.46. The van der Waals surface area contributed by atoms with Gasteiger partial charge in [0.05, 0.1) is 15.8 Å². The van der Waals surface area contributed by atoms with Crippen LogP contribution in [0.25, 0.3) is 0 Å². The van der Waals surface area contributed by atoms with Gasteiger partial charge in [0, 0.05) is 18.0 Å². The van der Waals surface area contributed by atoms with Gasteiger partial charge in [0.2, 0.25) is 5.91 Å². The predicted octanol–water partition coefficient (Wildman–Crippen LogP) is 4.05. The van der Waals surface area contributed by atoms with Crippen LogP contribution in [0.4, 0.5) is 15.8 Å². The van der Waals surface area contributed by atoms with Crippen LogP contribution < -0.4 is 10.6 Å². The van der Waals surface area contributed by atoms with Crippen LogP contribution in [0.15, 0.2) is 16.6 Å². The molecule has 19 heavy (non-hydrogen) atoms. The van der Waals surface area contributed by atoms with Gasteiger partial charge in [0.15, 0.2) is 0 Å². The first kappa shape index (κ1) is 12.9. The monoisotopic (exact) mass is 326 g/mol. The van der Waals surface area contributed by atoms with Gasteiger partial charge in [0.25, 0.3) is 0 Å². The van der Waals surface area contributed by atoms with Crippen molar-refractivity contribution in [3.05, 3.63) is 22.4 Å². The number of hydrogen-bond acceptors (Lipinski definition) is 2. The summed E-state index contributed by atoms with van der Waals surface area (Å²) in [6.45, 7) is 0. The van der Waals surface area contributed by atoms with Gasteiger partial charge in [-0.2, -0.15) is 0 Å². The third kappa shape index (κ3) is 2.48. The van der Waals surface area contributed by atoms with Crippen molar-refractivity contribution in [1.82, 2.24) is 0 Å². The van der Waals surface area contributed by atoms with Crippen molar-refractivity contribution in [2.24, 2.45) is 0 Å². The minimum Gasteiger partial charge on any atom is -0.377 e. The summed E-state index contributed by atoms with van der Waals surface area (Å²) in [6.07, 6.45) is 5.95. The molecule has 1 heterocycles. The second kappa shape index (κ2) is 4.78. The van der Waals surface area contributed by atoms with Crippen LogP contribution in [-0.2, 0) is 4.79 Å². The highest BCUT2D eigenvalue weighted by Gasteiger charge is 2.37. The van der Waals surface area contributed by atoms with Crippen molar-refractivity contribution in [3.8, 4) is 0 Å². The maximum atomic E-state index is 13.6. The van der Waals surface area contributed by atoms with Crippen molar-refractivity contribution in [3.63, 3.8) is 0 Å². The Morgan fingerprint density at radius 2 is 1.89 bits per heavy atom. The lowest BCUT2D eigenvalue weighted by Gasteiger charge is -2.37. The summed E-state index contributed by atoms with van der Waals surface area (Å²) < 4.78 is 14.0. The topological polar surface area (TPSA) is 41.1 Å². The predicted molar refractivity (Wildman–Crippen MR) is 76.8 cm³/mol. The zero-order valence-corrected chi connectivity index (χ0v) is 12.1. The molecule has 3 rings (SSSR count). The number of nitrogens with one attached hydrogen (secondary N) is 2. The van der Waals surface area contributed by atoms with Crippen LogP contribution in [0.1, 0.15) is 38.5 Å². The highest BCUT2D eigenvalue weighted by Crippen LogP contribution is 2.40. The molecule has 1 saturated carbocycles. The van der Waals surface area contributed by atoms with E-state index in [4.69, 9.17) is 0 Å². The van der Waals surface area contributed by atoms with Crippen LogP contribution in [0.5, 0.6) is 0 Å². The van der Waals surface area contributed by atoms with Gasteiger partial charge in [-0.1, -0.05) is 19.3 Å². The zero-order valence-electron chi connectivity index (χ0n) is 10.6. The van der Waals surface area contributed by atoms with E-state index in [1.54, 1.807) is 6.07 Å². The van der Waals surface area contributed by atoms with Crippen molar-refractivity contribution in [2.75, 3.05) is 10.6 Å². The molecular formula is C14H16BrFN2O. The van der Waals surface area contributed by atoms with Crippen molar-refractivity contribution in [1.29, 1.82) is 0 Å². The van der Waals surface area contributed by atoms with E-state index in [0.717, 1.165) is 31.4 Å². The molecule has 1 aliphatic heterocycles. The van der Waals surface area contributed by atoms with Crippen molar-refractivity contribution < 1.29 is 9.18 Å². The van der Waals surface area contributed by atoms with Gasteiger partial charge in [-0.15, -0.1) is 0 Å². The van der Waals surface area contributed by atoms with Crippen LogP contribution >= 0.6 is 15.9 Å². The smallest absolute Gasteiger partial charge is 0.226 e. The standard InChI is InChI=1S/C14H16BrFN2O/c15-9-6-12-11(7-10(9)16)17-13(19)8-14(18-12)4-2-1-3-5-14/h6-7,18H,1-5,8H2,(H,17,19). The van der Waals surface area contributed by atoms with Gasteiger partial charge in [-0.05, 0) is 34.8 Å². The van der Waals surface area contributed by atoms with Crippen molar-refractivity contribution in [2.45, 2.75) is 44.1 Å². The fraction of sp³-hybridized carbons (Fsp3) is 0.500.